The van der Waals surface area contributed by atoms with Gasteiger partial charge in [-0.25, -0.2) is 13.4 Å². The molecule has 0 amide bonds. The van der Waals surface area contributed by atoms with Crippen LogP contribution in [0, 0.1) is 0 Å². The zero-order valence-electron chi connectivity index (χ0n) is 20.2. The number of hydrogen-bond acceptors (Lipinski definition) is 6. The highest BCUT2D eigenvalue weighted by Gasteiger charge is 2.23. The maximum absolute atomic E-state index is 11.7. The minimum Gasteiger partial charge on any atom is -0.368 e. The molecule has 1 atom stereocenters. The molecule has 1 aliphatic rings. The van der Waals surface area contributed by atoms with Crippen LogP contribution in [0.4, 0.5) is 11.4 Å². The topological polar surface area (TPSA) is 78.4 Å². The smallest absolute Gasteiger partial charge is 0.229 e. The fourth-order valence-corrected chi connectivity index (χ4v) is 5.52. The molecular formula is C27H28ClN5O2S. The number of benzene rings is 2. The van der Waals surface area contributed by atoms with Gasteiger partial charge in [-0.15, -0.1) is 0 Å². The first kappa shape index (κ1) is 24.5. The second kappa shape index (κ2) is 10.0. The van der Waals surface area contributed by atoms with Crippen molar-refractivity contribution >= 4 is 43.9 Å². The largest absolute Gasteiger partial charge is 0.368 e. The third-order valence-corrected chi connectivity index (χ3v) is 7.56. The lowest BCUT2D eigenvalue weighted by molar-refractivity contribution is 0.198. The van der Waals surface area contributed by atoms with Gasteiger partial charge in [-0.3, -0.25) is 14.6 Å². The third kappa shape index (κ3) is 5.31. The van der Waals surface area contributed by atoms with E-state index in [9.17, 15) is 8.42 Å². The van der Waals surface area contributed by atoms with Gasteiger partial charge in [0.15, 0.2) is 5.15 Å². The van der Waals surface area contributed by atoms with Gasteiger partial charge in [-0.2, -0.15) is 0 Å². The highest BCUT2D eigenvalue weighted by atomic mass is 35.5. The quantitative estimate of drug-likeness (QED) is 0.351. The molecule has 0 bridgehead atoms. The predicted molar refractivity (Wildman–Crippen MR) is 147 cm³/mol. The average molecular weight is 522 g/mol. The van der Waals surface area contributed by atoms with Crippen molar-refractivity contribution < 1.29 is 8.42 Å². The van der Waals surface area contributed by atoms with Gasteiger partial charge in [0.2, 0.25) is 10.0 Å². The Bertz CT molecular complexity index is 1490. The highest BCUT2D eigenvalue weighted by molar-refractivity contribution is 7.92. The van der Waals surface area contributed by atoms with Gasteiger partial charge in [-0.1, -0.05) is 48.0 Å². The first-order chi connectivity index (χ1) is 17.3. The summed E-state index contributed by atoms with van der Waals surface area (Å²) in [7, 11) is -3.48. The first-order valence-corrected chi connectivity index (χ1v) is 14.1. The number of rotatable bonds is 6. The number of halogens is 1. The summed E-state index contributed by atoms with van der Waals surface area (Å²) in [6.07, 6.45) is 4.59. The summed E-state index contributed by atoms with van der Waals surface area (Å²) in [6.45, 7) is 6.06. The van der Waals surface area contributed by atoms with Crippen molar-refractivity contribution in [1.82, 2.24) is 14.9 Å². The van der Waals surface area contributed by atoms with Crippen molar-refractivity contribution in [2.75, 3.05) is 42.1 Å². The van der Waals surface area contributed by atoms with Crippen molar-refractivity contribution in [2.24, 2.45) is 0 Å². The molecular weight excluding hydrogens is 494 g/mol. The van der Waals surface area contributed by atoms with Crippen molar-refractivity contribution in [1.29, 1.82) is 0 Å². The second-order valence-corrected chi connectivity index (χ2v) is 11.2. The van der Waals surface area contributed by atoms with Crippen molar-refractivity contribution in [3.8, 4) is 11.1 Å². The van der Waals surface area contributed by atoms with Crippen LogP contribution < -0.4 is 9.62 Å². The van der Waals surface area contributed by atoms with Crippen LogP contribution in [0.1, 0.15) is 18.5 Å². The minimum absolute atomic E-state index is 0.106. The van der Waals surface area contributed by atoms with Crippen LogP contribution in [-0.4, -0.2) is 55.7 Å². The molecule has 3 heterocycles. The van der Waals surface area contributed by atoms with E-state index in [1.165, 1.54) is 5.56 Å². The van der Waals surface area contributed by atoms with E-state index in [2.05, 4.69) is 73.9 Å². The summed E-state index contributed by atoms with van der Waals surface area (Å²) in [6, 6.07) is 20.8. The first-order valence-electron chi connectivity index (χ1n) is 11.8. The zero-order valence-corrected chi connectivity index (χ0v) is 21.8. The highest BCUT2D eigenvalue weighted by Crippen LogP contribution is 2.33. The SMILES string of the molecule is CC(c1ccccc1)N1CCN(c2ccnc3ccc(-c4cnc(Cl)c(NS(C)(=O)=O)c4)cc23)CC1. The molecule has 0 saturated carbocycles. The van der Waals surface area contributed by atoms with E-state index in [-0.39, 0.29) is 10.8 Å². The summed E-state index contributed by atoms with van der Waals surface area (Å²) >= 11 is 6.13. The van der Waals surface area contributed by atoms with Gasteiger partial charge in [0.1, 0.15) is 0 Å². The number of nitrogens with zero attached hydrogens (tertiary/aromatic N) is 4. The van der Waals surface area contributed by atoms with Gasteiger partial charge in [0, 0.05) is 61.3 Å². The number of sulfonamides is 1. The number of nitrogens with one attached hydrogen (secondary N) is 1. The maximum atomic E-state index is 11.7. The molecule has 0 aliphatic carbocycles. The molecule has 5 rings (SSSR count). The van der Waals surface area contributed by atoms with Crippen LogP contribution in [0.2, 0.25) is 5.15 Å². The molecule has 1 unspecified atom stereocenters. The van der Waals surface area contributed by atoms with Gasteiger partial charge < -0.3 is 4.90 Å². The fourth-order valence-electron chi connectivity index (χ4n) is 4.76. The molecule has 1 N–H and O–H groups in total. The molecule has 0 spiro atoms. The number of fused-ring (bicyclic) bond motifs is 1. The van der Waals surface area contributed by atoms with Crippen LogP contribution in [0.15, 0.2) is 73.1 Å². The second-order valence-electron chi connectivity index (χ2n) is 9.11. The maximum Gasteiger partial charge on any atom is 0.229 e. The van der Waals surface area contributed by atoms with E-state index in [1.807, 2.05) is 18.3 Å². The molecule has 1 aliphatic heterocycles. The average Bonchev–Trinajstić information content (AvgIpc) is 2.89. The summed E-state index contributed by atoms with van der Waals surface area (Å²) in [5, 5.41) is 1.15. The Hall–Kier alpha value is -3.20. The lowest BCUT2D eigenvalue weighted by Gasteiger charge is -2.39. The third-order valence-electron chi connectivity index (χ3n) is 6.67. The van der Waals surface area contributed by atoms with E-state index in [0.29, 0.717) is 6.04 Å². The van der Waals surface area contributed by atoms with Crippen LogP contribution in [0.25, 0.3) is 22.0 Å². The van der Waals surface area contributed by atoms with Gasteiger partial charge in [0.05, 0.1) is 17.5 Å². The number of hydrogen-bond donors (Lipinski definition) is 1. The van der Waals surface area contributed by atoms with Crippen molar-refractivity contribution in [2.45, 2.75) is 13.0 Å². The molecule has 2 aromatic carbocycles. The van der Waals surface area contributed by atoms with E-state index >= 15 is 0 Å². The molecule has 9 heteroatoms. The lowest BCUT2D eigenvalue weighted by Crippen LogP contribution is -2.47. The molecule has 186 valence electrons. The number of anilines is 2. The van der Waals surface area contributed by atoms with Crippen LogP contribution >= 0.6 is 11.6 Å². The monoisotopic (exact) mass is 521 g/mol. The predicted octanol–water partition coefficient (Wildman–Crippen LogP) is 5.20. The summed E-state index contributed by atoms with van der Waals surface area (Å²) in [5.74, 6) is 0. The normalized spacial score (nSPS) is 15.7. The molecule has 4 aromatic rings. The number of pyridine rings is 2. The number of piperazine rings is 1. The van der Waals surface area contributed by atoms with Crippen LogP contribution in [-0.2, 0) is 10.0 Å². The molecule has 1 saturated heterocycles. The number of aromatic nitrogens is 2. The molecule has 2 aromatic heterocycles. The Morgan fingerprint density at radius 3 is 2.42 bits per heavy atom. The zero-order chi connectivity index (χ0) is 25.3. The van der Waals surface area contributed by atoms with Crippen molar-refractivity contribution in [3.63, 3.8) is 0 Å². The molecule has 36 heavy (non-hydrogen) atoms. The van der Waals surface area contributed by atoms with Gasteiger partial charge in [0.25, 0.3) is 0 Å². The standard InChI is InChI=1S/C27H28ClN5O2S/c1-19(20-6-4-3-5-7-20)32-12-14-33(15-13-32)26-10-11-29-24-9-8-21(16-23(24)26)22-17-25(27(28)30-18-22)31-36(2,34)35/h3-11,16-19,31H,12-15H2,1-2H3. The Balaban J connectivity index is 1.41. The summed E-state index contributed by atoms with van der Waals surface area (Å²) in [5.41, 5.74) is 5.33. The van der Waals surface area contributed by atoms with Gasteiger partial charge in [-0.05, 0) is 42.3 Å². The van der Waals surface area contributed by atoms with Gasteiger partial charge >= 0.3 is 0 Å². The Morgan fingerprint density at radius 2 is 1.69 bits per heavy atom. The summed E-state index contributed by atoms with van der Waals surface area (Å²) in [4.78, 5) is 13.7. The Labute approximate surface area is 216 Å². The molecule has 0 radical (unpaired) electrons. The van der Waals surface area contributed by atoms with Crippen LogP contribution in [0.3, 0.4) is 0 Å². The van der Waals surface area contributed by atoms with E-state index in [4.69, 9.17) is 11.6 Å². The van der Waals surface area contributed by atoms with E-state index in [0.717, 1.165) is 60.2 Å². The van der Waals surface area contributed by atoms with E-state index < -0.39 is 10.0 Å². The molecule has 1 fully saturated rings. The van der Waals surface area contributed by atoms with Crippen molar-refractivity contribution in [3.05, 3.63) is 83.8 Å². The Morgan fingerprint density at radius 1 is 0.944 bits per heavy atom. The fraction of sp³-hybridized carbons (Fsp3) is 0.259. The van der Waals surface area contributed by atoms with E-state index in [1.54, 1.807) is 12.3 Å². The molecule has 7 nitrogen and oxygen atoms in total. The minimum atomic E-state index is -3.48. The Kier molecular flexibility index (Phi) is 6.83. The van der Waals surface area contributed by atoms with Crippen LogP contribution in [0.5, 0.6) is 0 Å². The summed E-state index contributed by atoms with van der Waals surface area (Å²) < 4.78 is 25.9. The lowest BCUT2D eigenvalue weighted by atomic mass is 10.0.